The number of rotatable bonds is 4. The zero-order valence-electron chi connectivity index (χ0n) is 7.79. The van der Waals surface area contributed by atoms with Crippen LogP contribution >= 0.6 is 11.6 Å². The fourth-order valence-electron chi connectivity index (χ4n) is 1.21. The zero-order valence-corrected chi connectivity index (χ0v) is 8.54. The molecule has 0 fully saturated rings. The summed E-state index contributed by atoms with van der Waals surface area (Å²) in [5, 5.41) is 9.74. The number of aldehydes is 1. The van der Waals surface area contributed by atoms with E-state index < -0.39 is 0 Å². The number of carbonyl (C=O) groups is 1. The molecule has 3 nitrogen and oxygen atoms in total. The summed E-state index contributed by atoms with van der Waals surface area (Å²) in [5.41, 5.74) is 1.37. The van der Waals surface area contributed by atoms with E-state index in [2.05, 4.69) is 0 Å². The summed E-state index contributed by atoms with van der Waals surface area (Å²) in [6, 6.07) is 3.33. The molecule has 1 aromatic carbocycles. The molecule has 0 aromatic heterocycles. The van der Waals surface area contributed by atoms with Gasteiger partial charge in [-0.2, -0.15) is 0 Å². The maximum Gasteiger partial charge on any atom is 0.137 e. The molecule has 0 atom stereocenters. The molecule has 0 amide bonds. The number of benzene rings is 1. The fourth-order valence-corrected chi connectivity index (χ4v) is 1.48. The third kappa shape index (κ3) is 2.47. The van der Waals surface area contributed by atoms with Crippen LogP contribution in [0.4, 0.5) is 0 Å². The minimum atomic E-state index is -0.0291. The smallest absolute Gasteiger partial charge is 0.137 e. The Hall–Kier alpha value is -1.06. The van der Waals surface area contributed by atoms with Gasteiger partial charge >= 0.3 is 0 Å². The summed E-state index contributed by atoms with van der Waals surface area (Å²) in [5.74, 6) is -0.0291. The van der Waals surface area contributed by atoms with E-state index in [1.54, 1.807) is 19.2 Å². The van der Waals surface area contributed by atoms with Gasteiger partial charge in [-0.05, 0) is 17.7 Å². The second kappa shape index (κ2) is 4.98. The highest BCUT2D eigenvalue weighted by Gasteiger charge is 2.07. The highest BCUT2D eigenvalue weighted by molar-refractivity contribution is 6.32. The van der Waals surface area contributed by atoms with E-state index >= 15 is 0 Å². The van der Waals surface area contributed by atoms with Gasteiger partial charge in [0.15, 0.2) is 0 Å². The first kappa shape index (κ1) is 11.0. The van der Waals surface area contributed by atoms with Crippen LogP contribution in [0.25, 0.3) is 0 Å². The molecular formula is C10H11ClO3. The first-order valence-electron chi connectivity index (χ1n) is 4.12. The van der Waals surface area contributed by atoms with Gasteiger partial charge in [-0.15, -0.1) is 0 Å². The molecule has 0 saturated carbocycles. The van der Waals surface area contributed by atoms with Crippen molar-refractivity contribution in [1.82, 2.24) is 0 Å². The van der Waals surface area contributed by atoms with E-state index in [-0.39, 0.29) is 17.2 Å². The van der Waals surface area contributed by atoms with E-state index in [0.29, 0.717) is 12.2 Å². The summed E-state index contributed by atoms with van der Waals surface area (Å²) in [4.78, 5) is 10.3. The van der Waals surface area contributed by atoms with Gasteiger partial charge in [0, 0.05) is 19.1 Å². The van der Waals surface area contributed by atoms with Crippen LogP contribution in [0.5, 0.6) is 5.75 Å². The predicted octanol–water partition coefficient (Wildman–Crippen LogP) is 1.93. The lowest BCUT2D eigenvalue weighted by Gasteiger charge is -2.06. The average Bonchev–Trinajstić information content (AvgIpc) is 2.14. The molecule has 4 heteroatoms. The second-order valence-corrected chi connectivity index (χ2v) is 3.30. The summed E-state index contributed by atoms with van der Waals surface area (Å²) in [6.45, 7) is 0.409. The quantitative estimate of drug-likeness (QED) is 0.780. The van der Waals surface area contributed by atoms with Gasteiger partial charge in [0.25, 0.3) is 0 Å². The molecule has 0 saturated heterocycles. The molecule has 1 N–H and O–H groups in total. The van der Waals surface area contributed by atoms with Crippen LogP contribution in [0.2, 0.25) is 5.02 Å². The molecular weight excluding hydrogens is 204 g/mol. The zero-order chi connectivity index (χ0) is 10.6. The topological polar surface area (TPSA) is 46.5 Å². The Morgan fingerprint density at radius 3 is 2.86 bits per heavy atom. The van der Waals surface area contributed by atoms with Crippen LogP contribution in [0.1, 0.15) is 11.1 Å². The predicted molar refractivity (Wildman–Crippen MR) is 53.6 cm³/mol. The molecule has 14 heavy (non-hydrogen) atoms. The monoisotopic (exact) mass is 214 g/mol. The molecule has 0 aliphatic heterocycles. The normalized spacial score (nSPS) is 10.1. The van der Waals surface area contributed by atoms with Crippen LogP contribution in [0.3, 0.4) is 0 Å². The van der Waals surface area contributed by atoms with E-state index in [0.717, 1.165) is 11.8 Å². The number of halogens is 1. The Balaban J connectivity index is 3.06. The number of phenolic OH excluding ortho intramolecular Hbond substituents is 1. The van der Waals surface area contributed by atoms with E-state index in [4.69, 9.17) is 16.3 Å². The fraction of sp³-hybridized carbons (Fsp3) is 0.300. The minimum absolute atomic E-state index is 0.0291. The first-order valence-corrected chi connectivity index (χ1v) is 4.49. The molecule has 0 unspecified atom stereocenters. The number of methoxy groups -OCH3 is 1. The SMILES string of the molecule is COCc1cc(Cl)c(O)c(CC=O)c1. The molecule has 76 valence electrons. The van der Waals surface area contributed by atoms with Gasteiger partial charge in [-0.1, -0.05) is 11.6 Å². The molecule has 0 spiro atoms. The molecule has 0 aliphatic carbocycles. The van der Waals surface area contributed by atoms with Crippen LogP contribution < -0.4 is 0 Å². The van der Waals surface area contributed by atoms with Gasteiger partial charge in [0.1, 0.15) is 12.0 Å². The third-order valence-corrected chi connectivity index (χ3v) is 2.10. The highest BCUT2D eigenvalue weighted by Crippen LogP contribution is 2.29. The highest BCUT2D eigenvalue weighted by atomic mass is 35.5. The van der Waals surface area contributed by atoms with Crippen LogP contribution in [-0.4, -0.2) is 18.5 Å². The van der Waals surface area contributed by atoms with Crippen LogP contribution in [0.15, 0.2) is 12.1 Å². The van der Waals surface area contributed by atoms with Crippen molar-refractivity contribution >= 4 is 17.9 Å². The third-order valence-electron chi connectivity index (χ3n) is 1.82. The van der Waals surface area contributed by atoms with Crippen LogP contribution in [-0.2, 0) is 22.6 Å². The standard InChI is InChI=1S/C10H11ClO3/c1-14-6-7-4-8(2-3-12)10(13)9(11)5-7/h3-5,13H,2,6H2,1H3. The average molecular weight is 215 g/mol. The lowest BCUT2D eigenvalue weighted by Crippen LogP contribution is -1.93. The number of ether oxygens (including phenoxy) is 1. The molecule has 0 aliphatic rings. The Kier molecular flexibility index (Phi) is 3.92. The summed E-state index contributed by atoms with van der Waals surface area (Å²) < 4.78 is 4.93. The Morgan fingerprint density at radius 1 is 1.57 bits per heavy atom. The molecule has 0 heterocycles. The van der Waals surface area contributed by atoms with Crippen molar-refractivity contribution in [3.8, 4) is 5.75 Å². The van der Waals surface area contributed by atoms with Crippen molar-refractivity contribution in [1.29, 1.82) is 0 Å². The van der Waals surface area contributed by atoms with Crippen molar-refractivity contribution in [2.75, 3.05) is 7.11 Å². The van der Waals surface area contributed by atoms with Crippen molar-refractivity contribution in [3.63, 3.8) is 0 Å². The van der Waals surface area contributed by atoms with E-state index in [1.807, 2.05) is 0 Å². The molecule has 1 aromatic rings. The minimum Gasteiger partial charge on any atom is -0.506 e. The second-order valence-electron chi connectivity index (χ2n) is 2.89. The van der Waals surface area contributed by atoms with E-state index in [1.165, 1.54) is 0 Å². The Bertz CT molecular complexity index is 336. The molecule has 0 bridgehead atoms. The summed E-state index contributed by atoms with van der Waals surface area (Å²) in [6.07, 6.45) is 0.880. The van der Waals surface area contributed by atoms with Gasteiger partial charge in [0.2, 0.25) is 0 Å². The molecule has 0 radical (unpaired) electrons. The van der Waals surface area contributed by atoms with E-state index in [9.17, 15) is 9.90 Å². The first-order chi connectivity index (χ1) is 6.69. The van der Waals surface area contributed by atoms with Crippen LogP contribution in [0, 0.1) is 0 Å². The maximum atomic E-state index is 10.3. The lowest BCUT2D eigenvalue weighted by molar-refractivity contribution is -0.107. The number of carbonyl (C=O) groups excluding carboxylic acids is 1. The number of phenols is 1. The summed E-state index contributed by atoms with van der Waals surface area (Å²) in [7, 11) is 1.57. The molecule has 1 rings (SSSR count). The number of hydrogen-bond acceptors (Lipinski definition) is 3. The van der Waals surface area contributed by atoms with Gasteiger partial charge in [-0.3, -0.25) is 0 Å². The summed E-state index contributed by atoms with van der Waals surface area (Å²) >= 11 is 5.77. The van der Waals surface area contributed by atoms with Gasteiger partial charge in [0.05, 0.1) is 11.6 Å². The van der Waals surface area contributed by atoms with Crippen molar-refractivity contribution in [2.45, 2.75) is 13.0 Å². The van der Waals surface area contributed by atoms with Gasteiger partial charge in [-0.25, -0.2) is 0 Å². The number of hydrogen-bond donors (Lipinski definition) is 1. The maximum absolute atomic E-state index is 10.3. The Labute approximate surface area is 87.3 Å². The van der Waals surface area contributed by atoms with Crippen molar-refractivity contribution < 1.29 is 14.6 Å². The lowest BCUT2D eigenvalue weighted by atomic mass is 10.1. The number of aromatic hydroxyl groups is 1. The van der Waals surface area contributed by atoms with Crippen molar-refractivity contribution in [2.24, 2.45) is 0 Å². The van der Waals surface area contributed by atoms with Gasteiger partial charge < -0.3 is 14.6 Å². The largest absolute Gasteiger partial charge is 0.506 e. The van der Waals surface area contributed by atoms with Crippen molar-refractivity contribution in [3.05, 3.63) is 28.3 Å². The Morgan fingerprint density at radius 2 is 2.29 bits per heavy atom.